The van der Waals surface area contributed by atoms with E-state index in [1.807, 2.05) is 6.92 Å². The number of Topliss-reactive ketones (excluding diaryl/α,β-unsaturated/α-hetero) is 1. The van der Waals surface area contributed by atoms with Gasteiger partial charge in [-0.15, -0.1) is 0 Å². The molecular weight excluding hydrogens is 462 g/mol. The fraction of sp³-hybridized carbons (Fsp3) is 0.200. The zero-order valence-electron chi connectivity index (χ0n) is 18.7. The molecule has 1 N–H and O–H groups in total. The highest BCUT2D eigenvalue weighted by Gasteiger charge is 2.48. The molecule has 34 heavy (non-hydrogen) atoms. The van der Waals surface area contributed by atoms with Crippen LogP contribution in [0.1, 0.15) is 24.3 Å². The predicted octanol–water partition coefficient (Wildman–Crippen LogP) is 4.98. The molecule has 9 heteroatoms. The maximum Gasteiger partial charge on any atom is 0.300 e. The summed E-state index contributed by atoms with van der Waals surface area (Å²) in [7, 11) is 2.95. The molecular formula is C25H22ClNO7. The molecule has 1 fully saturated rings. The van der Waals surface area contributed by atoms with Gasteiger partial charge in [-0.05, 0) is 37.3 Å². The van der Waals surface area contributed by atoms with Crippen LogP contribution in [0.25, 0.3) is 5.76 Å². The lowest BCUT2D eigenvalue weighted by molar-refractivity contribution is -0.132. The number of amides is 1. The van der Waals surface area contributed by atoms with Crippen molar-refractivity contribution in [2.75, 3.05) is 25.7 Å². The van der Waals surface area contributed by atoms with E-state index >= 15 is 0 Å². The van der Waals surface area contributed by atoms with Gasteiger partial charge in [-0.1, -0.05) is 11.6 Å². The molecule has 1 aliphatic rings. The minimum atomic E-state index is -1.06. The van der Waals surface area contributed by atoms with E-state index in [-0.39, 0.29) is 21.9 Å². The fourth-order valence-corrected chi connectivity index (χ4v) is 4.04. The number of ether oxygens (including phenoxy) is 3. The molecule has 1 atom stereocenters. The van der Waals surface area contributed by atoms with Crippen molar-refractivity contribution in [3.05, 3.63) is 76.7 Å². The van der Waals surface area contributed by atoms with E-state index in [2.05, 4.69) is 0 Å². The predicted molar refractivity (Wildman–Crippen MR) is 126 cm³/mol. The lowest BCUT2D eigenvalue weighted by Crippen LogP contribution is -2.29. The van der Waals surface area contributed by atoms with Crippen molar-refractivity contribution in [2.45, 2.75) is 13.0 Å². The van der Waals surface area contributed by atoms with Crippen molar-refractivity contribution >= 4 is 34.7 Å². The third-order valence-electron chi connectivity index (χ3n) is 5.38. The number of anilines is 1. The van der Waals surface area contributed by atoms with Gasteiger partial charge in [0.15, 0.2) is 0 Å². The van der Waals surface area contributed by atoms with Gasteiger partial charge in [-0.3, -0.25) is 14.5 Å². The highest BCUT2D eigenvalue weighted by atomic mass is 35.5. The smallest absolute Gasteiger partial charge is 0.300 e. The Hall–Kier alpha value is -3.91. The number of carbonyl (C=O) groups excluding carboxylic acids is 2. The van der Waals surface area contributed by atoms with Crippen LogP contribution in [-0.2, 0) is 9.59 Å². The molecule has 1 amide bonds. The van der Waals surface area contributed by atoms with Crippen molar-refractivity contribution in [3.63, 3.8) is 0 Å². The first-order chi connectivity index (χ1) is 16.4. The van der Waals surface area contributed by atoms with Crippen LogP contribution < -0.4 is 19.1 Å². The van der Waals surface area contributed by atoms with Gasteiger partial charge in [-0.2, -0.15) is 0 Å². The number of carbonyl (C=O) groups is 2. The summed E-state index contributed by atoms with van der Waals surface area (Å²) < 4.78 is 21.7. The second-order valence-electron chi connectivity index (χ2n) is 7.33. The van der Waals surface area contributed by atoms with Crippen LogP contribution >= 0.6 is 11.6 Å². The number of rotatable bonds is 7. The second kappa shape index (κ2) is 9.52. The number of halogens is 1. The zero-order chi connectivity index (χ0) is 24.4. The van der Waals surface area contributed by atoms with Gasteiger partial charge in [0, 0.05) is 23.8 Å². The number of hydrogen-bond donors (Lipinski definition) is 1. The minimum absolute atomic E-state index is 0.158. The summed E-state index contributed by atoms with van der Waals surface area (Å²) >= 11 is 6.34. The van der Waals surface area contributed by atoms with E-state index in [0.717, 1.165) is 0 Å². The number of benzene rings is 2. The monoisotopic (exact) mass is 483 g/mol. The largest absolute Gasteiger partial charge is 0.507 e. The van der Waals surface area contributed by atoms with Crippen LogP contribution in [0.2, 0.25) is 5.02 Å². The van der Waals surface area contributed by atoms with Gasteiger partial charge in [0.05, 0.1) is 43.4 Å². The minimum Gasteiger partial charge on any atom is -0.507 e. The third-order valence-corrected chi connectivity index (χ3v) is 5.71. The number of nitrogens with zero attached hydrogens (tertiary/aromatic N) is 1. The normalized spacial score (nSPS) is 17.2. The molecule has 1 saturated heterocycles. The first-order valence-corrected chi connectivity index (χ1v) is 10.8. The average molecular weight is 484 g/mol. The van der Waals surface area contributed by atoms with E-state index < -0.39 is 23.5 Å². The average Bonchev–Trinajstić information content (AvgIpc) is 3.46. The number of aliphatic hydroxyl groups excluding tert-OH is 1. The molecule has 0 spiro atoms. The fourth-order valence-electron chi connectivity index (χ4n) is 3.83. The lowest BCUT2D eigenvalue weighted by atomic mass is 9.99. The van der Waals surface area contributed by atoms with Crippen LogP contribution in [0.5, 0.6) is 17.2 Å². The van der Waals surface area contributed by atoms with Gasteiger partial charge in [-0.25, -0.2) is 0 Å². The molecule has 8 nitrogen and oxygen atoms in total. The Balaban J connectivity index is 1.94. The molecule has 2 heterocycles. The summed E-state index contributed by atoms with van der Waals surface area (Å²) in [6, 6.07) is 11.7. The number of aliphatic hydroxyl groups is 1. The molecule has 176 valence electrons. The van der Waals surface area contributed by atoms with Crippen molar-refractivity contribution in [3.8, 4) is 17.2 Å². The van der Waals surface area contributed by atoms with Gasteiger partial charge in [0.25, 0.3) is 11.7 Å². The molecule has 0 saturated carbocycles. The van der Waals surface area contributed by atoms with Crippen molar-refractivity contribution in [1.82, 2.24) is 0 Å². The number of methoxy groups -OCH3 is 2. The Morgan fingerprint density at radius 2 is 1.76 bits per heavy atom. The Kier molecular flexibility index (Phi) is 6.51. The molecule has 1 aliphatic heterocycles. The van der Waals surface area contributed by atoms with Crippen molar-refractivity contribution < 1.29 is 33.3 Å². The molecule has 4 rings (SSSR count). The lowest BCUT2D eigenvalue weighted by Gasteiger charge is -2.24. The van der Waals surface area contributed by atoms with E-state index in [1.165, 1.54) is 31.4 Å². The molecule has 0 bridgehead atoms. The van der Waals surface area contributed by atoms with E-state index in [4.69, 9.17) is 30.2 Å². The maximum absolute atomic E-state index is 13.3. The summed E-state index contributed by atoms with van der Waals surface area (Å²) in [5.41, 5.74) is 0.315. The summed E-state index contributed by atoms with van der Waals surface area (Å²) in [5, 5.41) is 11.5. The van der Waals surface area contributed by atoms with Gasteiger partial charge >= 0.3 is 0 Å². The second-order valence-corrected chi connectivity index (χ2v) is 7.74. The van der Waals surface area contributed by atoms with Crippen LogP contribution in [0.15, 0.2) is 64.8 Å². The van der Waals surface area contributed by atoms with Crippen LogP contribution in [0, 0.1) is 0 Å². The summed E-state index contributed by atoms with van der Waals surface area (Å²) in [4.78, 5) is 27.7. The molecule has 3 aromatic rings. The SMILES string of the molecule is CCOc1ccc(Cl)c(/C(O)=C2/C(=O)C(=O)N(c3cc(OC)cc(OC)c3)C2c2ccco2)c1. The van der Waals surface area contributed by atoms with Crippen LogP contribution in [-0.4, -0.2) is 37.6 Å². The van der Waals surface area contributed by atoms with Crippen LogP contribution in [0.3, 0.4) is 0 Å². The van der Waals surface area contributed by atoms with Gasteiger partial charge < -0.3 is 23.7 Å². The Morgan fingerprint density at radius 3 is 2.35 bits per heavy atom. The zero-order valence-corrected chi connectivity index (χ0v) is 19.5. The molecule has 1 aromatic heterocycles. The molecule has 0 aliphatic carbocycles. The Bertz CT molecular complexity index is 1240. The van der Waals surface area contributed by atoms with Gasteiger partial charge in [0.1, 0.15) is 34.8 Å². The van der Waals surface area contributed by atoms with Crippen molar-refractivity contribution in [2.24, 2.45) is 0 Å². The quantitative estimate of drug-likeness (QED) is 0.287. The van der Waals surface area contributed by atoms with E-state index in [9.17, 15) is 14.7 Å². The summed E-state index contributed by atoms with van der Waals surface area (Å²) in [5.74, 6) is -0.615. The van der Waals surface area contributed by atoms with E-state index in [0.29, 0.717) is 29.5 Å². The number of hydrogen-bond acceptors (Lipinski definition) is 7. The topological polar surface area (TPSA) is 98.4 Å². The Labute approximate surface area is 200 Å². The summed E-state index contributed by atoms with van der Waals surface area (Å²) in [6.07, 6.45) is 1.42. The van der Waals surface area contributed by atoms with Gasteiger partial charge in [0.2, 0.25) is 0 Å². The first kappa shape index (κ1) is 23.3. The molecule has 2 aromatic carbocycles. The van der Waals surface area contributed by atoms with Crippen LogP contribution in [0.4, 0.5) is 5.69 Å². The maximum atomic E-state index is 13.3. The highest BCUT2D eigenvalue weighted by molar-refractivity contribution is 6.52. The summed E-state index contributed by atoms with van der Waals surface area (Å²) in [6.45, 7) is 2.22. The Morgan fingerprint density at radius 1 is 1.06 bits per heavy atom. The third kappa shape index (κ3) is 4.08. The highest BCUT2D eigenvalue weighted by Crippen LogP contribution is 2.45. The molecule has 1 unspecified atom stereocenters. The standard InChI is InChI=1S/C25H22ClNO7/c1-4-33-15-7-8-19(26)18(13-15)23(28)21-22(20-6-5-9-34-20)27(25(30)24(21)29)14-10-16(31-2)12-17(11-14)32-3/h5-13,22,28H,4H2,1-3H3/b23-21-. The van der Waals surface area contributed by atoms with E-state index in [1.54, 1.807) is 42.5 Å². The first-order valence-electron chi connectivity index (χ1n) is 10.4. The molecule has 0 radical (unpaired) electrons. The number of furan rings is 1. The number of ketones is 1. The van der Waals surface area contributed by atoms with Crippen molar-refractivity contribution in [1.29, 1.82) is 0 Å².